The zero-order valence-electron chi connectivity index (χ0n) is 13.7. The van der Waals surface area contributed by atoms with Crippen LogP contribution < -0.4 is 0 Å². The minimum Gasteiger partial charge on any atom is -0.377 e. The summed E-state index contributed by atoms with van der Waals surface area (Å²) in [6.07, 6.45) is 12.6. The predicted molar refractivity (Wildman–Crippen MR) is 90.5 cm³/mol. The molecule has 1 nitrogen and oxygen atoms in total. The molecule has 0 aliphatic heterocycles. The molecule has 0 N–H and O–H groups in total. The molecular formula is C20H30O. The lowest BCUT2D eigenvalue weighted by molar-refractivity contribution is 0.134. The Bertz CT molecular complexity index is 410. The predicted octanol–water partition coefficient (Wildman–Crippen LogP) is 5.85. The first-order chi connectivity index (χ1) is 10.3. The molecule has 1 saturated carbocycles. The molecule has 0 radical (unpaired) electrons. The fourth-order valence-electron chi connectivity index (χ4n) is 3.29. The van der Waals surface area contributed by atoms with E-state index in [1.807, 2.05) is 6.92 Å². The first-order valence-electron chi connectivity index (χ1n) is 8.65. The van der Waals surface area contributed by atoms with E-state index in [9.17, 15) is 0 Å². The fraction of sp³-hybridized carbons (Fsp3) is 0.600. The summed E-state index contributed by atoms with van der Waals surface area (Å²) in [6, 6.07) is 9.11. The van der Waals surface area contributed by atoms with Crippen molar-refractivity contribution in [2.75, 3.05) is 6.61 Å². The molecule has 116 valence electrons. The van der Waals surface area contributed by atoms with Crippen LogP contribution in [0.2, 0.25) is 0 Å². The highest BCUT2D eigenvalue weighted by molar-refractivity contribution is 5.25. The number of benzene rings is 1. The average molecular weight is 286 g/mol. The van der Waals surface area contributed by atoms with Gasteiger partial charge in [-0.2, -0.15) is 0 Å². The van der Waals surface area contributed by atoms with E-state index in [4.69, 9.17) is 4.74 Å². The van der Waals surface area contributed by atoms with Crippen LogP contribution in [0.5, 0.6) is 0 Å². The van der Waals surface area contributed by atoms with E-state index in [1.165, 1.54) is 49.7 Å². The molecule has 2 rings (SSSR count). The van der Waals surface area contributed by atoms with Crippen molar-refractivity contribution in [2.24, 2.45) is 5.92 Å². The van der Waals surface area contributed by atoms with Crippen LogP contribution in [0.1, 0.15) is 69.4 Å². The Morgan fingerprint density at radius 3 is 2.33 bits per heavy atom. The second-order valence-corrected chi connectivity index (χ2v) is 6.21. The van der Waals surface area contributed by atoms with Gasteiger partial charge in [0, 0.05) is 6.61 Å². The molecule has 1 aromatic rings. The lowest BCUT2D eigenvalue weighted by Crippen LogP contribution is -2.12. The Morgan fingerprint density at radius 2 is 1.71 bits per heavy atom. The third kappa shape index (κ3) is 5.32. The minimum atomic E-state index is 0.743. The summed E-state index contributed by atoms with van der Waals surface area (Å²) in [4.78, 5) is 0. The summed E-state index contributed by atoms with van der Waals surface area (Å²) in [7, 11) is 0. The first-order valence-corrected chi connectivity index (χ1v) is 8.65. The number of ether oxygens (including phenoxy) is 1. The molecule has 21 heavy (non-hydrogen) atoms. The Balaban J connectivity index is 1.80. The molecule has 0 aromatic heterocycles. The van der Waals surface area contributed by atoms with Crippen LogP contribution >= 0.6 is 0 Å². The molecule has 0 amide bonds. The van der Waals surface area contributed by atoms with Gasteiger partial charge in [0.05, 0.1) is 6.61 Å². The van der Waals surface area contributed by atoms with Gasteiger partial charge >= 0.3 is 0 Å². The Hall–Kier alpha value is -1.08. The molecule has 0 heterocycles. The maximum Gasteiger partial charge on any atom is 0.0716 e. The van der Waals surface area contributed by atoms with Crippen LogP contribution in [0.3, 0.4) is 0 Å². The van der Waals surface area contributed by atoms with Crippen molar-refractivity contribution in [3.63, 3.8) is 0 Å². The van der Waals surface area contributed by atoms with Crippen molar-refractivity contribution in [1.82, 2.24) is 0 Å². The minimum absolute atomic E-state index is 0.743. The zero-order valence-corrected chi connectivity index (χ0v) is 13.7. The highest BCUT2D eigenvalue weighted by Gasteiger charge is 2.21. The lowest BCUT2D eigenvalue weighted by Gasteiger charge is -2.28. The third-order valence-electron chi connectivity index (χ3n) is 4.64. The number of allylic oxidation sites excluding steroid dienone is 2. The second-order valence-electron chi connectivity index (χ2n) is 6.21. The fourth-order valence-corrected chi connectivity index (χ4v) is 3.29. The van der Waals surface area contributed by atoms with Crippen molar-refractivity contribution in [3.05, 3.63) is 47.5 Å². The molecule has 1 heteroatoms. The van der Waals surface area contributed by atoms with Gasteiger partial charge in [0.1, 0.15) is 0 Å². The van der Waals surface area contributed by atoms with Crippen molar-refractivity contribution in [2.45, 2.75) is 64.9 Å². The Morgan fingerprint density at radius 1 is 1.00 bits per heavy atom. The van der Waals surface area contributed by atoms with Gasteiger partial charge in [0.25, 0.3) is 0 Å². The largest absolute Gasteiger partial charge is 0.377 e. The zero-order chi connectivity index (χ0) is 14.9. The topological polar surface area (TPSA) is 9.23 Å². The van der Waals surface area contributed by atoms with Gasteiger partial charge in [-0.15, -0.1) is 0 Å². The first kappa shape index (κ1) is 16.3. The van der Waals surface area contributed by atoms with Crippen LogP contribution in [0, 0.1) is 5.92 Å². The summed E-state index contributed by atoms with van der Waals surface area (Å²) < 4.78 is 5.46. The molecule has 0 atom stereocenters. The van der Waals surface area contributed by atoms with E-state index in [1.54, 1.807) is 0 Å². The molecule has 0 spiro atoms. The molecular weight excluding hydrogens is 256 g/mol. The molecule has 1 aromatic carbocycles. The number of rotatable bonds is 7. The van der Waals surface area contributed by atoms with E-state index in [0.29, 0.717) is 0 Å². The Labute approximate surface area is 130 Å². The standard InChI is InChI=1S/C20H30O/c1-3-5-6-7-17-8-12-19(13-9-17)20-14-10-18(11-15-20)16-21-4-2/h5-6,10-11,14-15,17,19H,3-4,7-9,12-13,16H2,1-2H3. The van der Waals surface area contributed by atoms with Crippen molar-refractivity contribution in [3.8, 4) is 0 Å². The van der Waals surface area contributed by atoms with Crippen LogP contribution in [-0.2, 0) is 11.3 Å². The number of hydrogen-bond acceptors (Lipinski definition) is 1. The molecule has 0 bridgehead atoms. The summed E-state index contributed by atoms with van der Waals surface area (Å²) >= 11 is 0. The summed E-state index contributed by atoms with van der Waals surface area (Å²) in [5, 5.41) is 0. The maximum absolute atomic E-state index is 5.46. The SMILES string of the molecule is CCC=CCC1CCC(c2ccc(COCC)cc2)CC1. The van der Waals surface area contributed by atoms with E-state index >= 15 is 0 Å². The average Bonchev–Trinajstić information content (AvgIpc) is 2.54. The van der Waals surface area contributed by atoms with Crippen LogP contribution in [0.4, 0.5) is 0 Å². The summed E-state index contributed by atoms with van der Waals surface area (Å²) in [5.74, 6) is 1.69. The highest BCUT2D eigenvalue weighted by Crippen LogP contribution is 2.37. The van der Waals surface area contributed by atoms with E-state index in [2.05, 4.69) is 43.3 Å². The highest BCUT2D eigenvalue weighted by atomic mass is 16.5. The molecule has 1 fully saturated rings. The van der Waals surface area contributed by atoms with E-state index in [-0.39, 0.29) is 0 Å². The van der Waals surface area contributed by atoms with Gasteiger partial charge in [0.15, 0.2) is 0 Å². The van der Waals surface area contributed by atoms with Gasteiger partial charge < -0.3 is 4.74 Å². The van der Waals surface area contributed by atoms with Crippen molar-refractivity contribution < 1.29 is 4.74 Å². The van der Waals surface area contributed by atoms with Crippen molar-refractivity contribution in [1.29, 1.82) is 0 Å². The van der Waals surface area contributed by atoms with Crippen molar-refractivity contribution >= 4 is 0 Å². The monoisotopic (exact) mass is 286 g/mol. The van der Waals surface area contributed by atoms with Gasteiger partial charge in [0.2, 0.25) is 0 Å². The van der Waals surface area contributed by atoms with Crippen LogP contribution in [-0.4, -0.2) is 6.61 Å². The molecule has 1 aliphatic rings. The quantitative estimate of drug-likeness (QED) is 0.571. The summed E-state index contributed by atoms with van der Waals surface area (Å²) in [6.45, 7) is 5.79. The van der Waals surface area contributed by atoms with Gasteiger partial charge in [-0.3, -0.25) is 0 Å². The van der Waals surface area contributed by atoms with E-state index < -0.39 is 0 Å². The molecule has 0 unspecified atom stereocenters. The lowest BCUT2D eigenvalue weighted by atomic mass is 9.77. The number of hydrogen-bond donors (Lipinski definition) is 0. The second kappa shape index (κ2) is 9.04. The van der Waals surface area contributed by atoms with Crippen LogP contribution in [0.15, 0.2) is 36.4 Å². The normalized spacial score (nSPS) is 22.8. The van der Waals surface area contributed by atoms with Crippen LogP contribution in [0.25, 0.3) is 0 Å². The van der Waals surface area contributed by atoms with Gasteiger partial charge in [-0.1, -0.05) is 43.3 Å². The third-order valence-corrected chi connectivity index (χ3v) is 4.64. The smallest absolute Gasteiger partial charge is 0.0716 e. The van der Waals surface area contributed by atoms with Gasteiger partial charge in [-0.05, 0) is 68.4 Å². The molecule has 0 saturated heterocycles. The maximum atomic E-state index is 5.46. The van der Waals surface area contributed by atoms with Gasteiger partial charge in [-0.25, -0.2) is 0 Å². The van der Waals surface area contributed by atoms with E-state index in [0.717, 1.165) is 25.0 Å². The Kier molecular flexibility index (Phi) is 7.02. The molecule has 1 aliphatic carbocycles. The summed E-state index contributed by atoms with van der Waals surface area (Å²) in [5.41, 5.74) is 2.82.